The fourth-order valence-electron chi connectivity index (χ4n) is 8.48. The van der Waals surface area contributed by atoms with Crippen LogP contribution in [0.5, 0.6) is 0 Å². The Labute approximate surface area is 414 Å². The molecule has 0 atom stereocenters. The number of carbonyl (C=O) groups excluding carboxylic acids is 4. The Morgan fingerprint density at radius 2 is 0.957 bits per heavy atom. The topological polar surface area (TPSA) is 240 Å². The lowest BCUT2D eigenvalue weighted by Crippen LogP contribution is -2.26. The van der Waals surface area contributed by atoms with Crippen LogP contribution in [-0.4, -0.2) is 63.5 Å². The van der Waals surface area contributed by atoms with E-state index in [0.29, 0.717) is 115 Å². The first-order valence-corrected chi connectivity index (χ1v) is 25.9. The molecule has 0 spiro atoms. The number of sulfonamides is 2. The Morgan fingerprint density at radius 3 is 1.34 bits per heavy atom. The predicted octanol–water partition coefficient (Wildman–Crippen LogP) is 9.19. The number of unbranched alkanes of at least 4 members (excludes halogenated alkanes) is 3. The summed E-state index contributed by atoms with van der Waals surface area (Å²) >= 11 is 12.1. The summed E-state index contributed by atoms with van der Waals surface area (Å²) in [5.74, 6) is -1.37. The third-order valence-corrected chi connectivity index (χ3v) is 15.2. The first kappa shape index (κ1) is 49.3. The number of anilines is 4. The molecule has 2 aliphatic heterocycles. The minimum atomic E-state index is -4.02. The van der Waals surface area contributed by atoms with E-state index in [0.717, 1.165) is 12.8 Å². The molecule has 2 aliphatic rings. The lowest BCUT2D eigenvalue weighted by atomic mass is 10.0. The molecule has 362 valence electrons. The second kappa shape index (κ2) is 20.1. The van der Waals surface area contributed by atoms with Crippen LogP contribution in [0.15, 0.2) is 94.7 Å². The third kappa shape index (κ3) is 10.5. The SMILES string of the molecule is Cc1[nH]c(/C=C2\C(=O)Nc3ccc(S(=O)(=O)Nc4cccc(Cl)c4)cc32)c(C)c1C(=O)NCCCCCCNC(=O)c1c(C)[nH]c(/C=C2/C(=O)Nc3ccc(S(=O)(=O)Nc4cccc(Cl)c4)cc32)c1C. The van der Waals surface area contributed by atoms with Crippen molar-refractivity contribution in [3.05, 3.63) is 151 Å². The van der Waals surface area contributed by atoms with Gasteiger partial charge in [0.25, 0.3) is 43.7 Å². The maximum Gasteiger partial charge on any atom is 0.261 e. The summed E-state index contributed by atoms with van der Waals surface area (Å²) in [4.78, 5) is 59.3. The number of hydrogen-bond acceptors (Lipinski definition) is 8. The summed E-state index contributed by atoms with van der Waals surface area (Å²) < 4.78 is 58.1. The van der Waals surface area contributed by atoms with Crippen LogP contribution in [0.4, 0.5) is 22.7 Å². The van der Waals surface area contributed by atoms with Gasteiger partial charge in [-0.3, -0.25) is 28.6 Å². The molecule has 4 amide bonds. The summed E-state index contributed by atoms with van der Waals surface area (Å²) in [7, 11) is -8.04. The van der Waals surface area contributed by atoms with E-state index < -0.39 is 31.9 Å². The molecule has 0 bridgehead atoms. The van der Waals surface area contributed by atoms with Gasteiger partial charge in [0.15, 0.2) is 0 Å². The van der Waals surface area contributed by atoms with Crippen molar-refractivity contribution < 1.29 is 36.0 Å². The van der Waals surface area contributed by atoms with Crippen LogP contribution < -0.4 is 30.7 Å². The number of rotatable bonds is 17. The number of fused-ring (bicyclic) bond motifs is 2. The largest absolute Gasteiger partial charge is 0.358 e. The van der Waals surface area contributed by atoms with Gasteiger partial charge in [-0.2, -0.15) is 0 Å². The third-order valence-electron chi connectivity index (χ3n) is 12.0. The van der Waals surface area contributed by atoms with E-state index in [2.05, 4.69) is 40.7 Å². The second-order valence-electron chi connectivity index (χ2n) is 16.9. The number of aromatic nitrogens is 2. The Morgan fingerprint density at radius 1 is 0.557 bits per heavy atom. The van der Waals surface area contributed by atoms with Crippen LogP contribution in [0.2, 0.25) is 10.0 Å². The van der Waals surface area contributed by atoms with E-state index in [-0.39, 0.29) is 32.8 Å². The van der Waals surface area contributed by atoms with Gasteiger partial charge in [-0.15, -0.1) is 0 Å². The fourth-order valence-corrected chi connectivity index (χ4v) is 11.0. The lowest BCUT2D eigenvalue weighted by molar-refractivity contribution is -0.111. The van der Waals surface area contributed by atoms with Gasteiger partial charge in [0.1, 0.15) is 0 Å². The van der Waals surface area contributed by atoms with Gasteiger partial charge in [-0.05, 0) is 137 Å². The number of aromatic amines is 2. The number of carbonyl (C=O) groups is 4. The molecule has 0 unspecified atom stereocenters. The number of benzene rings is 4. The Bertz CT molecular complexity index is 3210. The van der Waals surface area contributed by atoms with Gasteiger partial charge in [0, 0.05) is 68.4 Å². The van der Waals surface area contributed by atoms with Crippen molar-refractivity contribution in [2.24, 2.45) is 0 Å². The van der Waals surface area contributed by atoms with Crippen LogP contribution in [0.1, 0.15) is 91.4 Å². The summed E-state index contributed by atoms with van der Waals surface area (Å²) in [6.45, 7) is 7.93. The van der Waals surface area contributed by atoms with E-state index >= 15 is 0 Å². The highest BCUT2D eigenvalue weighted by atomic mass is 35.5. The standard InChI is InChI=1S/C50H48Cl2N8O8S2/c1-27-43(25-39-37-23-35(15-17-41(37)57-47(39)61)69(65,66)59-33-13-9-11-31(51)21-33)55-29(3)45(27)49(63)53-19-7-5-6-8-20-54-50(64)46-28(2)44(56-30(46)4)26-40-38-24-36(16-18-42(38)58-48(40)62)70(67,68)60-34-14-10-12-32(52)22-34/h9-18,21-26,55-56,59-60H,5-8,19-20H2,1-4H3,(H,53,63)(H,54,64)(H,57,61)(H,58,62)/b39-25-,40-26+. The van der Waals surface area contributed by atoms with Crippen LogP contribution >= 0.6 is 23.2 Å². The predicted molar refractivity (Wildman–Crippen MR) is 274 cm³/mol. The van der Waals surface area contributed by atoms with Gasteiger partial charge in [-0.25, -0.2) is 16.8 Å². The first-order valence-electron chi connectivity index (χ1n) is 22.2. The van der Waals surface area contributed by atoms with Crippen LogP contribution in [0.3, 0.4) is 0 Å². The number of halogens is 2. The van der Waals surface area contributed by atoms with Gasteiger partial charge >= 0.3 is 0 Å². The number of H-pyrrole nitrogens is 2. The van der Waals surface area contributed by atoms with E-state index in [1.165, 1.54) is 48.5 Å². The molecule has 4 heterocycles. The van der Waals surface area contributed by atoms with Gasteiger partial charge in [0.2, 0.25) is 0 Å². The normalized spacial score (nSPS) is 14.3. The van der Waals surface area contributed by atoms with Crippen LogP contribution in [0.25, 0.3) is 23.3 Å². The minimum absolute atomic E-state index is 0.0475. The monoisotopic (exact) mass is 1020 g/mol. The Kier molecular flexibility index (Phi) is 14.1. The van der Waals surface area contributed by atoms with Gasteiger partial charge in [0.05, 0.1) is 43.4 Å². The van der Waals surface area contributed by atoms with Crippen molar-refractivity contribution in [3.8, 4) is 0 Å². The highest BCUT2D eigenvalue weighted by molar-refractivity contribution is 7.93. The lowest BCUT2D eigenvalue weighted by Gasteiger charge is -2.10. The molecule has 0 fully saturated rings. The smallest absolute Gasteiger partial charge is 0.261 e. The zero-order valence-corrected chi connectivity index (χ0v) is 41.5. The van der Waals surface area contributed by atoms with Crippen molar-refractivity contribution in [1.82, 2.24) is 20.6 Å². The van der Waals surface area contributed by atoms with Crippen molar-refractivity contribution in [3.63, 3.8) is 0 Å². The summed E-state index contributed by atoms with van der Waals surface area (Å²) in [6, 6.07) is 21.4. The Hall–Kier alpha value is -7.12. The number of hydrogen-bond donors (Lipinski definition) is 8. The molecule has 8 rings (SSSR count). The molecular formula is C50H48Cl2N8O8S2. The van der Waals surface area contributed by atoms with E-state index in [1.54, 1.807) is 76.2 Å². The van der Waals surface area contributed by atoms with Crippen molar-refractivity contribution in [2.45, 2.75) is 63.2 Å². The number of aryl methyl sites for hydroxylation is 2. The van der Waals surface area contributed by atoms with E-state index in [9.17, 15) is 36.0 Å². The summed E-state index contributed by atoms with van der Waals surface area (Å²) in [5.41, 5.74) is 7.20. The van der Waals surface area contributed by atoms with Crippen molar-refractivity contribution in [2.75, 3.05) is 33.2 Å². The van der Waals surface area contributed by atoms with Crippen molar-refractivity contribution in [1.29, 1.82) is 0 Å². The highest BCUT2D eigenvalue weighted by Gasteiger charge is 2.30. The molecule has 0 radical (unpaired) electrons. The number of nitrogens with one attached hydrogen (secondary N) is 8. The molecule has 0 saturated carbocycles. The highest BCUT2D eigenvalue weighted by Crippen LogP contribution is 2.38. The molecule has 20 heteroatoms. The summed E-state index contributed by atoms with van der Waals surface area (Å²) in [5, 5.41) is 12.3. The Balaban J connectivity index is 0.822. The quantitative estimate of drug-likeness (QED) is 0.0323. The zero-order chi connectivity index (χ0) is 50.1. The molecule has 8 N–H and O–H groups in total. The molecular weight excluding hydrogens is 976 g/mol. The summed E-state index contributed by atoms with van der Waals surface area (Å²) in [6.07, 6.45) is 6.21. The molecule has 0 saturated heterocycles. The average Bonchev–Trinajstić information content (AvgIpc) is 3.98. The fraction of sp³-hybridized carbons (Fsp3) is 0.200. The maximum absolute atomic E-state index is 13.4. The minimum Gasteiger partial charge on any atom is -0.358 e. The van der Waals surface area contributed by atoms with E-state index in [4.69, 9.17) is 23.2 Å². The molecule has 6 aromatic rings. The zero-order valence-electron chi connectivity index (χ0n) is 38.3. The van der Waals surface area contributed by atoms with Crippen LogP contribution in [-0.2, 0) is 29.6 Å². The molecule has 0 aliphatic carbocycles. The second-order valence-corrected chi connectivity index (χ2v) is 21.2. The molecule has 70 heavy (non-hydrogen) atoms. The molecule has 2 aromatic heterocycles. The number of amides is 4. The maximum atomic E-state index is 13.4. The molecule has 4 aromatic carbocycles. The first-order chi connectivity index (χ1) is 33.3. The van der Waals surface area contributed by atoms with Gasteiger partial charge in [-0.1, -0.05) is 48.2 Å². The average molecular weight is 1020 g/mol. The van der Waals surface area contributed by atoms with E-state index in [1.807, 2.05) is 0 Å². The van der Waals surface area contributed by atoms with Crippen molar-refractivity contribution >= 4 is 113 Å². The van der Waals surface area contributed by atoms with Gasteiger partial charge < -0.3 is 31.2 Å². The van der Waals surface area contributed by atoms with Crippen LogP contribution in [0, 0.1) is 27.7 Å². The molecule has 16 nitrogen and oxygen atoms in total.